The maximum absolute atomic E-state index is 13.1. The molecule has 0 saturated carbocycles. The molecule has 1 atom stereocenters. The van der Waals surface area contributed by atoms with Crippen LogP contribution in [0.15, 0.2) is 24.3 Å². The van der Waals surface area contributed by atoms with Crippen molar-refractivity contribution in [1.82, 2.24) is 15.5 Å². The van der Waals surface area contributed by atoms with Crippen molar-refractivity contribution >= 4 is 30.7 Å². The molecule has 0 spiro atoms. The minimum Gasteiger partial charge on any atom is -0.492 e. The largest absolute Gasteiger partial charge is 0.492 e. The number of rotatable bonds is 9. The van der Waals surface area contributed by atoms with E-state index >= 15 is 0 Å². The van der Waals surface area contributed by atoms with Gasteiger partial charge in [-0.3, -0.25) is 10.1 Å². The van der Waals surface area contributed by atoms with E-state index in [0.717, 1.165) is 30.9 Å². The third-order valence-corrected chi connectivity index (χ3v) is 4.39. The van der Waals surface area contributed by atoms with Gasteiger partial charge < -0.3 is 15.0 Å². The van der Waals surface area contributed by atoms with Crippen molar-refractivity contribution < 1.29 is 18.3 Å². The number of halogens is 4. The van der Waals surface area contributed by atoms with E-state index in [4.69, 9.17) is 4.74 Å². The Labute approximate surface area is 172 Å². The molecule has 1 heterocycles. The fourth-order valence-corrected chi connectivity index (χ4v) is 2.75. The predicted molar refractivity (Wildman–Crippen MR) is 107 cm³/mol. The fraction of sp³-hybridized carbons (Fsp3) is 0.611. The molecule has 1 fully saturated rings. The van der Waals surface area contributed by atoms with Crippen LogP contribution in [-0.2, 0) is 11.3 Å². The van der Waals surface area contributed by atoms with Crippen LogP contribution in [0, 0.1) is 0 Å². The summed E-state index contributed by atoms with van der Waals surface area (Å²) in [5, 5.41) is 5.24. The van der Waals surface area contributed by atoms with E-state index in [9.17, 15) is 13.6 Å². The molecule has 0 aliphatic carbocycles. The average Bonchev–Trinajstić information content (AvgIpc) is 2.98. The fourth-order valence-electron chi connectivity index (χ4n) is 2.75. The molecule has 1 amide bonds. The van der Waals surface area contributed by atoms with Crippen molar-refractivity contribution in [3.8, 4) is 5.75 Å². The Balaban J connectivity index is 0.00000338. The van der Waals surface area contributed by atoms with E-state index in [1.807, 2.05) is 24.3 Å². The quantitative estimate of drug-likeness (QED) is 0.635. The Morgan fingerprint density at radius 3 is 2.41 bits per heavy atom. The normalized spacial score (nSPS) is 17.7. The molecule has 2 rings (SSSR count). The first-order valence-corrected chi connectivity index (χ1v) is 8.76. The van der Waals surface area contributed by atoms with Crippen LogP contribution in [0.1, 0.15) is 25.8 Å². The van der Waals surface area contributed by atoms with Gasteiger partial charge >= 0.3 is 0 Å². The van der Waals surface area contributed by atoms with Gasteiger partial charge in [0.1, 0.15) is 12.4 Å². The highest BCUT2D eigenvalue weighted by Crippen LogP contribution is 2.25. The number of amides is 1. The summed E-state index contributed by atoms with van der Waals surface area (Å²) in [6.45, 7) is 7.61. The summed E-state index contributed by atoms with van der Waals surface area (Å²) >= 11 is 0. The van der Waals surface area contributed by atoms with Gasteiger partial charge in [0.05, 0.1) is 12.6 Å². The molecule has 1 aromatic rings. The van der Waals surface area contributed by atoms with Gasteiger partial charge in [-0.2, -0.15) is 0 Å². The molecule has 1 aliphatic rings. The summed E-state index contributed by atoms with van der Waals surface area (Å²) in [6, 6.07) is 6.61. The number of carbonyl (C=O) groups is 1. The molecule has 0 aromatic heterocycles. The maximum Gasteiger partial charge on any atom is 0.262 e. The molecular weight excluding hydrogens is 399 g/mol. The summed E-state index contributed by atoms with van der Waals surface area (Å²) in [5.41, 5.74) is 0.897. The van der Waals surface area contributed by atoms with Crippen LogP contribution in [0.5, 0.6) is 5.75 Å². The van der Waals surface area contributed by atoms with E-state index in [-0.39, 0.29) is 24.8 Å². The highest BCUT2D eigenvalue weighted by atomic mass is 35.5. The third kappa shape index (κ3) is 8.60. The van der Waals surface area contributed by atoms with Crippen molar-refractivity contribution in [3.63, 3.8) is 0 Å². The second-order valence-electron chi connectivity index (χ2n) is 6.23. The monoisotopic (exact) mass is 427 g/mol. The first kappa shape index (κ1) is 25.9. The van der Waals surface area contributed by atoms with Gasteiger partial charge in [0.25, 0.3) is 5.92 Å². The van der Waals surface area contributed by atoms with Crippen molar-refractivity contribution in [2.45, 2.75) is 38.8 Å². The van der Waals surface area contributed by atoms with Crippen molar-refractivity contribution in [1.29, 1.82) is 0 Å². The number of hydrogen-bond acceptors (Lipinski definition) is 4. The molecule has 27 heavy (non-hydrogen) atoms. The Kier molecular flexibility index (Phi) is 11.8. The highest BCUT2D eigenvalue weighted by molar-refractivity contribution is 5.85. The Morgan fingerprint density at radius 2 is 1.89 bits per heavy atom. The number of ether oxygens (including phenoxy) is 1. The maximum atomic E-state index is 13.1. The lowest BCUT2D eigenvalue weighted by atomic mass is 10.1. The molecule has 1 aromatic carbocycles. The SMILES string of the molecule is CCN(CC)CCOc1ccc(CNC(=O)C2CC(F)(F)CN2)cc1.Cl.Cl. The van der Waals surface area contributed by atoms with Crippen LogP contribution in [0.3, 0.4) is 0 Å². The van der Waals surface area contributed by atoms with Crippen LogP contribution in [0.4, 0.5) is 8.78 Å². The third-order valence-electron chi connectivity index (χ3n) is 4.39. The lowest BCUT2D eigenvalue weighted by Gasteiger charge is -2.18. The lowest BCUT2D eigenvalue weighted by Crippen LogP contribution is -2.40. The zero-order chi connectivity index (χ0) is 18.3. The number of nitrogens with one attached hydrogen (secondary N) is 2. The van der Waals surface area contributed by atoms with Gasteiger partial charge in [0.2, 0.25) is 5.91 Å². The van der Waals surface area contributed by atoms with Crippen molar-refractivity contribution in [3.05, 3.63) is 29.8 Å². The van der Waals surface area contributed by atoms with Crippen LogP contribution >= 0.6 is 24.8 Å². The van der Waals surface area contributed by atoms with E-state index < -0.39 is 30.8 Å². The lowest BCUT2D eigenvalue weighted by molar-refractivity contribution is -0.123. The Bertz CT molecular complexity index is 558. The molecule has 9 heteroatoms. The second kappa shape index (κ2) is 12.3. The first-order valence-electron chi connectivity index (χ1n) is 8.76. The van der Waals surface area contributed by atoms with Gasteiger partial charge in [0, 0.05) is 19.5 Å². The average molecular weight is 428 g/mol. The zero-order valence-electron chi connectivity index (χ0n) is 15.7. The highest BCUT2D eigenvalue weighted by Gasteiger charge is 2.42. The molecule has 1 aliphatic heterocycles. The topological polar surface area (TPSA) is 53.6 Å². The molecule has 0 bridgehead atoms. The molecule has 156 valence electrons. The smallest absolute Gasteiger partial charge is 0.262 e. The second-order valence-corrected chi connectivity index (χ2v) is 6.23. The van der Waals surface area contributed by atoms with Gasteiger partial charge in [0.15, 0.2) is 0 Å². The van der Waals surface area contributed by atoms with Crippen molar-refractivity contribution in [2.75, 3.05) is 32.8 Å². The standard InChI is InChI=1S/C18H27F2N3O2.2ClH/c1-3-23(4-2)9-10-25-15-7-5-14(6-8-15)12-21-17(24)16-11-18(19,20)13-22-16;;/h5-8,16,22H,3-4,9-13H2,1-2H3,(H,21,24);2*1H. The Morgan fingerprint density at radius 1 is 1.26 bits per heavy atom. The minimum absolute atomic E-state index is 0. The molecule has 2 N–H and O–H groups in total. The van der Waals surface area contributed by atoms with Gasteiger partial charge in [-0.25, -0.2) is 8.78 Å². The zero-order valence-corrected chi connectivity index (χ0v) is 17.3. The van der Waals surface area contributed by atoms with Crippen LogP contribution < -0.4 is 15.4 Å². The molecule has 1 unspecified atom stereocenters. The predicted octanol–water partition coefficient (Wildman–Crippen LogP) is 2.86. The molecule has 1 saturated heterocycles. The van der Waals surface area contributed by atoms with Gasteiger partial charge in [-0.1, -0.05) is 26.0 Å². The first-order chi connectivity index (χ1) is 11.9. The van der Waals surface area contributed by atoms with Crippen LogP contribution in [-0.4, -0.2) is 55.6 Å². The number of likely N-dealkylation sites (N-methyl/N-ethyl adjacent to an activating group) is 1. The summed E-state index contributed by atoms with van der Waals surface area (Å²) in [4.78, 5) is 14.2. The molecular formula is C18H29Cl2F2N3O2. The van der Waals surface area contributed by atoms with Crippen molar-refractivity contribution in [2.24, 2.45) is 0 Å². The van der Waals surface area contributed by atoms with E-state index in [0.29, 0.717) is 13.2 Å². The Hall–Kier alpha value is -1.15. The number of hydrogen-bond donors (Lipinski definition) is 2. The van der Waals surface area contributed by atoms with Gasteiger partial charge in [-0.05, 0) is 30.8 Å². The molecule has 0 radical (unpaired) electrons. The van der Waals surface area contributed by atoms with Crippen LogP contribution in [0.2, 0.25) is 0 Å². The number of benzene rings is 1. The molecule has 5 nitrogen and oxygen atoms in total. The summed E-state index contributed by atoms with van der Waals surface area (Å²) in [7, 11) is 0. The summed E-state index contributed by atoms with van der Waals surface area (Å²) < 4.78 is 31.9. The van der Waals surface area contributed by atoms with Gasteiger partial charge in [-0.15, -0.1) is 24.8 Å². The van der Waals surface area contributed by atoms with Crippen LogP contribution in [0.25, 0.3) is 0 Å². The van der Waals surface area contributed by atoms with E-state index in [1.165, 1.54) is 0 Å². The minimum atomic E-state index is -2.80. The van der Waals surface area contributed by atoms with E-state index in [2.05, 4.69) is 29.4 Å². The number of alkyl halides is 2. The van der Waals surface area contributed by atoms with E-state index in [1.54, 1.807) is 0 Å². The summed E-state index contributed by atoms with van der Waals surface area (Å²) in [5.74, 6) is -2.41. The number of carbonyl (C=O) groups excluding carboxylic acids is 1. The summed E-state index contributed by atoms with van der Waals surface area (Å²) in [6.07, 6.45) is -0.446. The number of nitrogens with zero attached hydrogens (tertiary/aromatic N) is 1.